The van der Waals surface area contributed by atoms with Gasteiger partial charge in [-0.2, -0.15) is 0 Å². The number of rotatable bonds is 5. The first-order chi connectivity index (χ1) is 13.9. The number of likely N-dealkylation sites (tertiary alicyclic amines) is 1. The number of hydrogen-bond donors (Lipinski definition) is 2. The fraction of sp³-hybridized carbons (Fsp3) is 0.304. The molecule has 0 unspecified atom stereocenters. The number of amides is 2. The third-order valence-electron chi connectivity index (χ3n) is 5.83. The van der Waals surface area contributed by atoms with Crippen LogP contribution in [0.25, 0.3) is 10.9 Å². The molecule has 1 aliphatic heterocycles. The molecule has 0 saturated carbocycles. The summed E-state index contributed by atoms with van der Waals surface area (Å²) in [7, 11) is 0. The van der Waals surface area contributed by atoms with E-state index in [2.05, 4.69) is 10.3 Å². The Morgan fingerprint density at radius 3 is 2.93 bits per heavy atom. The molecule has 0 spiro atoms. The summed E-state index contributed by atoms with van der Waals surface area (Å²) in [6.45, 7) is 5.05. The molecular weight excluding hydrogens is 386 g/mol. The molecule has 1 saturated heterocycles. The highest BCUT2D eigenvalue weighted by Crippen LogP contribution is 2.25. The van der Waals surface area contributed by atoms with E-state index in [-0.39, 0.29) is 24.2 Å². The third kappa shape index (κ3) is 4.01. The number of fused-ring (bicyclic) bond motifs is 1. The van der Waals surface area contributed by atoms with Gasteiger partial charge in [0.1, 0.15) is 0 Å². The number of nitrogens with one attached hydrogen (secondary N) is 2. The van der Waals surface area contributed by atoms with Crippen LogP contribution in [0.5, 0.6) is 0 Å². The molecule has 1 aromatic heterocycles. The van der Waals surface area contributed by atoms with Gasteiger partial charge in [0, 0.05) is 47.3 Å². The smallest absolute Gasteiger partial charge is 0.229 e. The van der Waals surface area contributed by atoms with Crippen molar-refractivity contribution in [3.05, 3.63) is 64.3 Å². The van der Waals surface area contributed by atoms with E-state index in [1.807, 2.05) is 56.4 Å². The second kappa shape index (κ2) is 7.91. The second-order valence-corrected chi connectivity index (χ2v) is 8.17. The summed E-state index contributed by atoms with van der Waals surface area (Å²) in [4.78, 5) is 30.2. The molecule has 0 bridgehead atoms. The number of H-pyrrole nitrogens is 1. The molecule has 1 atom stereocenters. The standard InChI is InChI=1S/C23H24ClN3O2/c1-14-4-3-5-20(15(14)2)26-23(29)17-10-22(28)27(13-17)9-8-16-12-25-21-7-6-18(24)11-19(16)21/h3-7,11-12,17,25H,8-10,13H2,1-2H3,(H,26,29)/t17-/m1/s1. The van der Waals surface area contributed by atoms with Gasteiger partial charge in [0.25, 0.3) is 0 Å². The molecule has 3 aromatic rings. The number of aromatic nitrogens is 1. The molecule has 0 aliphatic carbocycles. The van der Waals surface area contributed by atoms with Crippen molar-refractivity contribution in [3.8, 4) is 0 Å². The number of carbonyl (C=O) groups is 2. The predicted octanol–water partition coefficient (Wildman–Crippen LogP) is 4.47. The maximum atomic E-state index is 12.7. The zero-order valence-corrected chi connectivity index (χ0v) is 17.3. The summed E-state index contributed by atoms with van der Waals surface area (Å²) in [5.74, 6) is -0.378. The average Bonchev–Trinajstić information content (AvgIpc) is 3.26. The topological polar surface area (TPSA) is 65.2 Å². The highest BCUT2D eigenvalue weighted by molar-refractivity contribution is 6.31. The van der Waals surface area contributed by atoms with Crippen molar-refractivity contribution in [1.29, 1.82) is 0 Å². The zero-order valence-electron chi connectivity index (χ0n) is 16.6. The Bertz CT molecular complexity index is 1090. The number of anilines is 1. The number of aryl methyl sites for hydroxylation is 1. The van der Waals surface area contributed by atoms with E-state index >= 15 is 0 Å². The minimum atomic E-state index is -0.320. The Morgan fingerprint density at radius 2 is 2.10 bits per heavy atom. The van der Waals surface area contributed by atoms with Crippen molar-refractivity contribution in [2.45, 2.75) is 26.7 Å². The first kappa shape index (κ1) is 19.5. The molecule has 2 N–H and O–H groups in total. The summed E-state index contributed by atoms with van der Waals surface area (Å²) in [5.41, 5.74) is 5.16. The molecule has 150 valence electrons. The predicted molar refractivity (Wildman–Crippen MR) is 116 cm³/mol. The Labute approximate surface area is 175 Å². The van der Waals surface area contributed by atoms with Crippen molar-refractivity contribution in [2.24, 2.45) is 5.92 Å². The van der Waals surface area contributed by atoms with Gasteiger partial charge < -0.3 is 15.2 Å². The summed E-state index contributed by atoms with van der Waals surface area (Å²) >= 11 is 6.12. The van der Waals surface area contributed by atoms with Crippen molar-refractivity contribution in [1.82, 2.24) is 9.88 Å². The minimum Gasteiger partial charge on any atom is -0.361 e. The lowest BCUT2D eigenvalue weighted by Gasteiger charge is -2.17. The van der Waals surface area contributed by atoms with Crippen molar-refractivity contribution >= 4 is 40.0 Å². The number of aromatic amines is 1. The SMILES string of the molecule is Cc1cccc(NC(=O)[C@@H]2CC(=O)N(CCc3c[nH]c4ccc(Cl)cc34)C2)c1C. The largest absolute Gasteiger partial charge is 0.361 e. The van der Waals surface area contributed by atoms with E-state index in [0.29, 0.717) is 18.1 Å². The number of halogens is 1. The number of carbonyl (C=O) groups excluding carboxylic acids is 2. The first-order valence-electron chi connectivity index (χ1n) is 9.82. The molecular formula is C23H24ClN3O2. The van der Waals surface area contributed by atoms with Crippen LogP contribution in [0, 0.1) is 19.8 Å². The molecule has 29 heavy (non-hydrogen) atoms. The third-order valence-corrected chi connectivity index (χ3v) is 6.06. The van der Waals surface area contributed by atoms with Gasteiger partial charge in [-0.05, 0) is 61.2 Å². The molecule has 1 fully saturated rings. The molecule has 4 rings (SSSR count). The maximum absolute atomic E-state index is 12.7. The Kier molecular flexibility index (Phi) is 5.33. The molecule has 1 aliphatic rings. The summed E-state index contributed by atoms with van der Waals surface area (Å²) < 4.78 is 0. The lowest BCUT2D eigenvalue weighted by molar-refractivity contribution is -0.128. The maximum Gasteiger partial charge on any atom is 0.229 e. The van der Waals surface area contributed by atoms with Crippen LogP contribution >= 0.6 is 11.6 Å². The van der Waals surface area contributed by atoms with Gasteiger partial charge in [0.15, 0.2) is 0 Å². The van der Waals surface area contributed by atoms with E-state index in [4.69, 9.17) is 11.6 Å². The van der Waals surface area contributed by atoms with Gasteiger partial charge in [-0.25, -0.2) is 0 Å². The van der Waals surface area contributed by atoms with Gasteiger partial charge in [-0.1, -0.05) is 23.7 Å². The lowest BCUT2D eigenvalue weighted by Crippen LogP contribution is -2.30. The average molecular weight is 410 g/mol. The highest BCUT2D eigenvalue weighted by Gasteiger charge is 2.34. The molecule has 0 radical (unpaired) electrons. The number of nitrogens with zero attached hydrogens (tertiary/aromatic N) is 1. The van der Waals surface area contributed by atoms with E-state index in [9.17, 15) is 9.59 Å². The van der Waals surface area contributed by atoms with Crippen LogP contribution in [0.3, 0.4) is 0 Å². The summed E-state index contributed by atoms with van der Waals surface area (Å²) in [6, 6.07) is 11.6. The Hall–Kier alpha value is -2.79. The summed E-state index contributed by atoms with van der Waals surface area (Å²) in [5, 5.41) is 4.77. The van der Waals surface area contributed by atoms with Crippen LogP contribution in [0.2, 0.25) is 5.02 Å². The lowest BCUT2D eigenvalue weighted by atomic mass is 10.1. The van der Waals surface area contributed by atoms with Gasteiger partial charge >= 0.3 is 0 Å². The van der Waals surface area contributed by atoms with E-state index in [1.165, 1.54) is 0 Å². The molecule has 6 heteroatoms. The van der Waals surface area contributed by atoms with Crippen LogP contribution in [-0.2, 0) is 16.0 Å². The van der Waals surface area contributed by atoms with E-state index in [1.54, 1.807) is 4.90 Å². The molecule has 2 heterocycles. The fourth-order valence-corrected chi connectivity index (χ4v) is 4.07. The van der Waals surface area contributed by atoms with Gasteiger partial charge in [-0.3, -0.25) is 9.59 Å². The van der Waals surface area contributed by atoms with E-state index in [0.717, 1.165) is 39.7 Å². The van der Waals surface area contributed by atoms with Crippen LogP contribution in [0.1, 0.15) is 23.1 Å². The molecule has 2 amide bonds. The highest BCUT2D eigenvalue weighted by atomic mass is 35.5. The van der Waals surface area contributed by atoms with E-state index < -0.39 is 0 Å². The monoisotopic (exact) mass is 409 g/mol. The zero-order chi connectivity index (χ0) is 20.5. The number of benzene rings is 2. The normalized spacial score (nSPS) is 16.6. The van der Waals surface area contributed by atoms with Gasteiger partial charge in [0.2, 0.25) is 11.8 Å². The second-order valence-electron chi connectivity index (χ2n) is 7.73. The van der Waals surface area contributed by atoms with Crippen LogP contribution in [0.15, 0.2) is 42.6 Å². The van der Waals surface area contributed by atoms with Crippen molar-refractivity contribution in [2.75, 3.05) is 18.4 Å². The van der Waals surface area contributed by atoms with Crippen molar-refractivity contribution in [3.63, 3.8) is 0 Å². The van der Waals surface area contributed by atoms with Crippen molar-refractivity contribution < 1.29 is 9.59 Å². The molecule has 5 nitrogen and oxygen atoms in total. The summed E-state index contributed by atoms with van der Waals surface area (Å²) in [6.07, 6.45) is 2.94. The van der Waals surface area contributed by atoms with Crippen LogP contribution < -0.4 is 5.32 Å². The van der Waals surface area contributed by atoms with Crippen LogP contribution in [0.4, 0.5) is 5.69 Å². The molecule has 2 aromatic carbocycles. The Morgan fingerprint density at radius 1 is 1.28 bits per heavy atom. The Balaban J connectivity index is 1.39. The fourth-order valence-electron chi connectivity index (χ4n) is 3.90. The van der Waals surface area contributed by atoms with Gasteiger partial charge in [-0.15, -0.1) is 0 Å². The van der Waals surface area contributed by atoms with Crippen LogP contribution in [-0.4, -0.2) is 34.8 Å². The number of hydrogen-bond acceptors (Lipinski definition) is 2. The minimum absolute atomic E-state index is 0.0315. The first-order valence-corrected chi connectivity index (χ1v) is 10.2. The quantitative estimate of drug-likeness (QED) is 0.653. The van der Waals surface area contributed by atoms with Gasteiger partial charge in [0.05, 0.1) is 5.92 Å².